The quantitative estimate of drug-likeness (QED) is 0.751. The van der Waals surface area contributed by atoms with Crippen LogP contribution in [0.5, 0.6) is 5.75 Å². The summed E-state index contributed by atoms with van der Waals surface area (Å²) in [7, 11) is 0. The predicted molar refractivity (Wildman–Crippen MR) is 100 cm³/mol. The molecule has 5 heteroatoms. The molecule has 0 bridgehead atoms. The molecule has 2 rings (SSSR count). The highest BCUT2D eigenvalue weighted by atomic mass is 35.5. The molecule has 2 aromatic carbocycles. The number of amides is 1. The molecule has 4 nitrogen and oxygen atoms in total. The number of anilines is 2. The van der Waals surface area contributed by atoms with Gasteiger partial charge in [-0.15, -0.1) is 0 Å². The first-order valence-electron chi connectivity index (χ1n) is 8.02. The molecular weight excluding hydrogens is 324 g/mol. The van der Waals surface area contributed by atoms with Gasteiger partial charge in [0.05, 0.1) is 11.8 Å². The zero-order valence-electron chi connectivity index (χ0n) is 14.2. The smallest absolute Gasteiger partial charge is 0.226 e. The topological polar surface area (TPSA) is 50.4 Å². The largest absolute Gasteiger partial charge is 0.489 e. The molecule has 0 spiro atoms. The van der Waals surface area contributed by atoms with Gasteiger partial charge in [-0.3, -0.25) is 4.79 Å². The van der Waals surface area contributed by atoms with Crippen molar-refractivity contribution in [3.63, 3.8) is 0 Å². The van der Waals surface area contributed by atoms with E-state index < -0.39 is 0 Å². The summed E-state index contributed by atoms with van der Waals surface area (Å²) in [5.74, 6) is 0.612. The fourth-order valence-electron chi connectivity index (χ4n) is 2.25. The van der Waals surface area contributed by atoms with Crippen molar-refractivity contribution in [1.82, 2.24) is 0 Å². The number of ether oxygens (including phenoxy) is 1. The molecule has 0 fully saturated rings. The van der Waals surface area contributed by atoms with Gasteiger partial charge in [-0.05, 0) is 50.6 Å². The maximum atomic E-state index is 12.2. The molecule has 0 unspecified atom stereocenters. The predicted octanol–water partition coefficient (Wildman–Crippen LogP) is 4.88. The van der Waals surface area contributed by atoms with Gasteiger partial charge in [0, 0.05) is 23.7 Å². The van der Waals surface area contributed by atoms with Crippen LogP contribution in [0, 0.1) is 6.92 Å². The lowest BCUT2D eigenvalue weighted by Crippen LogP contribution is -2.17. The second-order valence-electron chi connectivity index (χ2n) is 5.80. The molecule has 0 aliphatic heterocycles. The SMILES string of the molecule is Cc1c(Cl)cccc1NCCC(=O)Nc1ccccc1OC(C)C. The molecule has 0 aromatic heterocycles. The highest BCUT2D eigenvalue weighted by molar-refractivity contribution is 6.31. The Morgan fingerprint density at radius 2 is 1.83 bits per heavy atom. The van der Waals surface area contributed by atoms with E-state index in [1.54, 1.807) is 0 Å². The standard InChI is InChI=1S/C19H23ClN2O2/c1-13(2)24-18-10-5-4-8-17(18)22-19(23)11-12-21-16-9-6-7-15(20)14(16)3/h4-10,13,21H,11-12H2,1-3H3,(H,22,23). The molecule has 2 aromatic rings. The normalized spacial score (nSPS) is 10.5. The molecular formula is C19H23ClN2O2. The fraction of sp³-hybridized carbons (Fsp3) is 0.316. The zero-order valence-corrected chi connectivity index (χ0v) is 15.0. The number of para-hydroxylation sites is 2. The van der Waals surface area contributed by atoms with Gasteiger partial charge < -0.3 is 15.4 Å². The van der Waals surface area contributed by atoms with Crippen LogP contribution in [0.25, 0.3) is 0 Å². The summed E-state index contributed by atoms with van der Waals surface area (Å²) in [6.45, 7) is 6.39. The highest BCUT2D eigenvalue weighted by Gasteiger charge is 2.09. The van der Waals surface area contributed by atoms with Crippen LogP contribution in [0.2, 0.25) is 5.02 Å². The van der Waals surface area contributed by atoms with E-state index in [1.807, 2.05) is 63.2 Å². The number of hydrogen-bond donors (Lipinski definition) is 2. The third-order valence-corrected chi connectivity index (χ3v) is 3.87. The van der Waals surface area contributed by atoms with E-state index in [4.69, 9.17) is 16.3 Å². The molecule has 24 heavy (non-hydrogen) atoms. The Bertz CT molecular complexity index is 702. The van der Waals surface area contributed by atoms with Crippen molar-refractivity contribution in [2.24, 2.45) is 0 Å². The van der Waals surface area contributed by atoms with Gasteiger partial charge in [0.15, 0.2) is 0 Å². The van der Waals surface area contributed by atoms with E-state index in [1.165, 1.54) is 0 Å². The summed E-state index contributed by atoms with van der Waals surface area (Å²) >= 11 is 6.09. The first-order valence-corrected chi connectivity index (χ1v) is 8.39. The summed E-state index contributed by atoms with van der Waals surface area (Å²) < 4.78 is 5.70. The van der Waals surface area contributed by atoms with Crippen molar-refractivity contribution in [1.29, 1.82) is 0 Å². The third-order valence-electron chi connectivity index (χ3n) is 3.46. The molecule has 0 radical (unpaired) electrons. The Morgan fingerprint density at radius 3 is 2.58 bits per heavy atom. The Morgan fingerprint density at radius 1 is 1.12 bits per heavy atom. The van der Waals surface area contributed by atoms with Crippen LogP contribution in [0.3, 0.4) is 0 Å². The van der Waals surface area contributed by atoms with E-state index in [0.29, 0.717) is 29.4 Å². The summed E-state index contributed by atoms with van der Waals surface area (Å²) in [5, 5.41) is 6.85. The minimum absolute atomic E-state index is 0.0514. The van der Waals surface area contributed by atoms with Crippen molar-refractivity contribution < 1.29 is 9.53 Å². The van der Waals surface area contributed by atoms with E-state index in [0.717, 1.165) is 11.3 Å². The Hall–Kier alpha value is -2.20. The monoisotopic (exact) mass is 346 g/mol. The van der Waals surface area contributed by atoms with Crippen LogP contribution < -0.4 is 15.4 Å². The molecule has 1 amide bonds. The van der Waals surface area contributed by atoms with Crippen LogP contribution >= 0.6 is 11.6 Å². The number of carbonyl (C=O) groups excluding carboxylic acids is 1. The Balaban J connectivity index is 1.89. The second kappa shape index (κ2) is 8.60. The minimum Gasteiger partial charge on any atom is -0.489 e. The summed E-state index contributed by atoms with van der Waals surface area (Å²) in [6, 6.07) is 13.1. The van der Waals surface area contributed by atoms with Crippen molar-refractivity contribution in [3.8, 4) is 5.75 Å². The van der Waals surface area contributed by atoms with Gasteiger partial charge in [-0.25, -0.2) is 0 Å². The molecule has 2 N–H and O–H groups in total. The average Bonchev–Trinajstić information content (AvgIpc) is 2.53. The highest BCUT2D eigenvalue weighted by Crippen LogP contribution is 2.25. The molecule has 0 saturated heterocycles. The lowest BCUT2D eigenvalue weighted by Gasteiger charge is -2.15. The minimum atomic E-state index is -0.0676. The lowest BCUT2D eigenvalue weighted by molar-refractivity contribution is -0.116. The molecule has 0 saturated carbocycles. The van der Waals surface area contributed by atoms with E-state index in [9.17, 15) is 4.79 Å². The van der Waals surface area contributed by atoms with Gasteiger partial charge in [-0.1, -0.05) is 29.8 Å². The van der Waals surface area contributed by atoms with E-state index in [-0.39, 0.29) is 12.0 Å². The molecule has 0 aliphatic carbocycles. The van der Waals surface area contributed by atoms with Gasteiger partial charge in [0.2, 0.25) is 5.91 Å². The van der Waals surface area contributed by atoms with E-state index >= 15 is 0 Å². The number of hydrogen-bond acceptors (Lipinski definition) is 3. The zero-order chi connectivity index (χ0) is 17.5. The Labute approximate surface area is 148 Å². The van der Waals surface area contributed by atoms with Gasteiger partial charge >= 0.3 is 0 Å². The van der Waals surface area contributed by atoms with Crippen LogP contribution in [0.1, 0.15) is 25.8 Å². The lowest BCUT2D eigenvalue weighted by atomic mass is 10.2. The maximum absolute atomic E-state index is 12.2. The summed E-state index contributed by atoms with van der Waals surface area (Å²) in [6.07, 6.45) is 0.401. The number of rotatable bonds is 7. The van der Waals surface area contributed by atoms with Crippen molar-refractivity contribution in [2.45, 2.75) is 33.3 Å². The molecule has 0 atom stereocenters. The summed E-state index contributed by atoms with van der Waals surface area (Å²) in [4.78, 5) is 12.2. The first-order chi connectivity index (χ1) is 11.5. The van der Waals surface area contributed by atoms with E-state index in [2.05, 4.69) is 10.6 Å². The van der Waals surface area contributed by atoms with Gasteiger partial charge in [0.25, 0.3) is 0 Å². The van der Waals surface area contributed by atoms with Crippen molar-refractivity contribution in [3.05, 3.63) is 53.1 Å². The number of carbonyl (C=O) groups is 1. The van der Waals surface area contributed by atoms with Crippen LogP contribution in [0.4, 0.5) is 11.4 Å². The Kier molecular flexibility index (Phi) is 6.50. The molecule has 0 aliphatic rings. The number of nitrogens with one attached hydrogen (secondary N) is 2. The van der Waals surface area contributed by atoms with Crippen LogP contribution in [-0.2, 0) is 4.79 Å². The average molecular weight is 347 g/mol. The first kappa shape index (κ1) is 18.1. The summed E-state index contributed by atoms with van der Waals surface area (Å²) in [5.41, 5.74) is 2.62. The molecule has 128 valence electrons. The van der Waals surface area contributed by atoms with Crippen LogP contribution in [-0.4, -0.2) is 18.6 Å². The molecule has 0 heterocycles. The van der Waals surface area contributed by atoms with Gasteiger partial charge in [-0.2, -0.15) is 0 Å². The maximum Gasteiger partial charge on any atom is 0.226 e. The fourth-order valence-corrected chi connectivity index (χ4v) is 2.42. The van der Waals surface area contributed by atoms with Gasteiger partial charge in [0.1, 0.15) is 5.75 Å². The third kappa shape index (κ3) is 5.17. The number of benzene rings is 2. The number of halogens is 1. The van der Waals surface area contributed by atoms with Crippen molar-refractivity contribution in [2.75, 3.05) is 17.2 Å². The van der Waals surface area contributed by atoms with Crippen molar-refractivity contribution >= 4 is 28.9 Å². The second-order valence-corrected chi connectivity index (χ2v) is 6.21. The van der Waals surface area contributed by atoms with Crippen LogP contribution in [0.15, 0.2) is 42.5 Å².